The van der Waals surface area contributed by atoms with Crippen LogP contribution < -0.4 is 4.74 Å². The number of fused-ring (bicyclic) bond motifs is 1. The summed E-state index contributed by atoms with van der Waals surface area (Å²) in [6.07, 6.45) is -3.15. The number of hydrogen-bond acceptors (Lipinski definition) is 3. The summed E-state index contributed by atoms with van der Waals surface area (Å²) in [5.41, 5.74) is -0.358. The summed E-state index contributed by atoms with van der Waals surface area (Å²) >= 11 is 0. The lowest BCUT2D eigenvalue weighted by molar-refractivity contribution is -0.142. The summed E-state index contributed by atoms with van der Waals surface area (Å²) in [5.74, 6) is -2.66. The third-order valence-electron chi connectivity index (χ3n) is 3.48. The molecule has 120 valence electrons. The van der Waals surface area contributed by atoms with E-state index < -0.39 is 23.6 Å². The van der Waals surface area contributed by atoms with Crippen LogP contribution in [-0.4, -0.2) is 21.6 Å². The molecule has 0 atom stereocenters. The predicted molar refractivity (Wildman–Crippen MR) is 75.5 cm³/mol. The van der Waals surface area contributed by atoms with Crippen LogP contribution >= 0.6 is 0 Å². The van der Waals surface area contributed by atoms with E-state index in [4.69, 9.17) is 0 Å². The topological polar surface area (TPSA) is 39.9 Å². The van der Waals surface area contributed by atoms with Crippen molar-refractivity contribution in [1.82, 2.24) is 14.5 Å². The Kier molecular flexibility index (Phi) is 3.46. The normalized spacial score (nSPS) is 11.9. The van der Waals surface area contributed by atoms with Gasteiger partial charge in [-0.3, -0.25) is 0 Å². The first-order valence-corrected chi connectivity index (χ1v) is 6.56. The van der Waals surface area contributed by atoms with Crippen molar-refractivity contribution in [2.75, 3.05) is 7.11 Å². The lowest BCUT2D eigenvalue weighted by Crippen LogP contribution is -2.14. The zero-order valence-corrected chi connectivity index (χ0v) is 12.1. The second kappa shape index (κ2) is 5.22. The number of aromatic nitrogens is 3. The second-order valence-corrected chi connectivity index (χ2v) is 4.89. The molecule has 8 heteroatoms. The molecule has 0 radical (unpaired) electrons. The number of rotatable bonds is 2. The molecule has 3 rings (SSSR count). The Balaban J connectivity index is 2.26. The number of hydrogen-bond donors (Lipinski definition) is 0. The molecule has 23 heavy (non-hydrogen) atoms. The SMILES string of the molecule is COc1nc(-c2cccc3c2ccn3C)nc(F)c1C(F)(F)F. The minimum absolute atomic E-state index is 0.163. The molecular weight excluding hydrogens is 314 g/mol. The molecule has 4 nitrogen and oxygen atoms in total. The number of halogens is 4. The molecule has 1 aromatic carbocycles. The zero-order chi connectivity index (χ0) is 16.8. The van der Waals surface area contributed by atoms with E-state index in [1.165, 1.54) is 0 Å². The van der Waals surface area contributed by atoms with Crippen molar-refractivity contribution in [3.63, 3.8) is 0 Å². The average molecular weight is 325 g/mol. The fourth-order valence-corrected chi connectivity index (χ4v) is 2.42. The summed E-state index contributed by atoms with van der Waals surface area (Å²) in [4.78, 5) is 7.14. The van der Waals surface area contributed by atoms with Crippen LogP contribution in [0, 0.1) is 5.95 Å². The number of methoxy groups -OCH3 is 1. The Labute approximate surface area is 128 Å². The van der Waals surface area contributed by atoms with Crippen molar-refractivity contribution in [2.45, 2.75) is 6.18 Å². The molecular formula is C15H11F4N3O. The molecule has 0 N–H and O–H groups in total. The quantitative estimate of drug-likeness (QED) is 0.531. The first-order chi connectivity index (χ1) is 10.8. The van der Waals surface area contributed by atoms with Gasteiger partial charge in [0.15, 0.2) is 11.4 Å². The van der Waals surface area contributed by atoms with Gasteiger partial charge in [0.05, 0.1) is 7.11 Å². The van der Waals surface area contributed by atoms with E-state index in [1.807, 2.05) is 17.7 Å². The van der Waals surface area contributed by atoms with Crippen LogP contribution in [-0.2, 0) is 13.2 Å². The number of alkyl halides is 3. The molecule has 0 saturated carbocycles. The Morgan fingerprint density at radius 3 is 2.52 bits per heavy atom. The fourth-order valence-electron chi connectivity index (χ4n) is 2.42. The Bertz CT molecular complexity index is 886. The van der Waals surface area contributed by atoms with Crippen LogP contribution in [0.5, 0.6) is 5.88 Å². The molecule has 0 amide bonds. The number of aryl methyl sites for hydroxylation is 1. The minimum Gasteiger partial charge on any atom is -0.480 e. The zero-order valence-electron chi connectivity index (χ0n) is 12.1. The largest absolute Gasteiger partial charge is 0.480 e. The first-order valence-electron chi connectivity index (χ1n) is 6.56. The van der Waals surface area contributed by atoms with Gasteiger partial charge < -0.3 is 9.30 Å². The third-order valence-corrected chi connectivity index (χ3v) is 3.48. The number of nitrogens with zero attached hydrogens (tertiary/aromatic N) is 3. The van der Waals surface area contributed by atoms with E-state index in [1.54, 1.807) is 24.4 Å². The van der Waals surface area contributed by atoms with E-state index in [0.29, 0.717) is 10.9 Å². The monoisotopic (exact) mass is 325 g/mol. The maximum Gasteiger partial charge on any atom is 0.426 e. The minimum atomic E-state index is -4.94. The molecule has 3 aromatic rings. The second-order valence-electron chi connectivity index (χ2n) is 4.89. The Morgan fingerprint density at radius 2 is 1.87 bits per heavy atom. The van der Waals surface area contributed by atoms with E-state index in [2.05, 4.69) is 14.7 Å². The van der Waals surface area contributed by atoms with Crippen LogP contribution in [0.1, 0.15) is 5.56 Å². The highest BCUT2D eigenvalue weighted by Gasteiger charge is 2.40. The molecule has 2 heterocycles. The molecule has 0 fully saturated rings. The molecule has 0 aliphatic heterocycles. The Hall–Kier alpha value is -2.64. The number of ether oxygens (including phenoxy) is 1. The lowest BCUT2D eigenvalue weighted by atomic mass is 10.1. The predicted octanol–water partition coefficient (Wildman–Crippen LogP) is 3.80. The van der Waals surface area contributed by atoms with Crippen LogP contribution in [0.25, 0.3) is 22.3 Å². The first kappa shape index (κ1) is 15.3. The smallest absolute Gasteiger partial charge is 0.426 e. The fraction of sp³-hybridized carbons (Fsp3) is 0.200. The summed E-state index contributed by atoms with van der Waals surface area (Å²) in [6, 6.07) is 6.90. The van der Waals surface area contributed by atoms with Gasteiger partial charge in [-0.2, -0.15) is 27.5 Å². The lowest BCUT2D eigenvalue weighted by Gasteiger charge is -2.13. The van der Waals surface area contributed by atoms with Crippen molar-refractivity contribution >= 4 is 10.9 Å². The molecule has 0 aliphatic rings. The van der Waals surface area contributed by atoms with E-state index in [9.17, 15) is 17.6 Å². The van der Waals surface area contributed by atoms with E-state index >= 15 is 0 Å². The van der Waals surface area contributed by atoms with Gasteiger partial charge in [0, 0.05) is 29.7 Å². The molecule has 2 aromatic heterocycles. The van der Waals surface area contributed by atoms with E-state index in [-0.39, 0.29) is 5.82 Å². The van der Waals surface area contributed by atoms with Gasteiger partial charge in [0.2, 0.25) is 11.8 Å². The van der Waals surface area contributed by atoms with Gasteiger partial charge >= 0.3 is 6.18 Å². The molecule has 0 saturated heterocycles. The van der Waals surface area contributed by atoms with Gasteiger partial charge in [-0.25, -0.2) is 0 Å². The molecule has 0 unspecified atom stereocenters. The highest BCUT2D eigenvalue weighted by atomic mass is 19.4. The van der Waals surface area contributed by atoms with Gasteiger partial charge in [-0.15, -0.1) is 0 Å². The summed E-state index contributed by atoms with van der Waals surface area (Å²) in [5, 5.41) is 0.705. The highest BCUT2D eigenvalue weighted by molar-refractivity contribution is 5.93. The summed E-state index contributed by atoms with van der Waals surface area (Å²) in [6.45, 7) is 0. The van der Waals surface area contributed by atoms with Crippen molar-refractivity contribution in [3.8, 4) is 17.3 Å². The van der Waals surface area contributed by atoms with Gasteiger partial charge in [-0.1, -0.05) is 12.1 Å². The van der Waals surface area contributed by atoms with Crippen LogP contribution in [0.2, 0.25) is 0 Å². The van der Waals surface area contributed by atoms with Crippen LogP contribution in [0.4, 0.5) is 17.6 Å². The highest BCUT2D eigenvalue weighted by Crippen LogP contribution is 2.38. The van der Waals surface area contributed by atoms with Crippen molar-refractivity contribution in [2.24, 2.45) is 7.05 Å². The standard InChI is InChI=1S/C15H11F4N3O/c1-22-7-6-8-9(4-3-5-10(8)22)13-20-12(16)11(15(17,18)19)14(21-13)23-2/h3-7H,1-2H3. The van der Waals surface area contributed by atoms with Crippen LogP contribution in [0.15, 0.2) is 30.5 Å². The molecule has 0 spiro atoms. The van der Waals surface area contributed by atoms with Gasteiger partial charge in [0.25, 0.3) is 0 Å². The van der Waals surface area contributed by atoms with Gasteiger partial charge in [-0.05, 0) is 12.1 Å². The average Bonchev–Trinajstić information content (AvgIpc) is 2.86. The molecule has 0 aliphatic carbocycles. The van der Waals surface area contributed by atoms with Crippen molar-refractivity contribution < 1.29 is 22.3 Å². The van der Waals surface area contributed by atoms with Gasteiger partial charge in [0.1, 0.15) is 0 Å². The maximum atomic E-state index is 13.9. The van der Waals surface area contributed by atoms with Crippen LogP contribution in [0.3, 0.4) is 0 Å². The summed E-state index contributed by atoms with van der Waals surface area (Å²) < 4.78 is 59.0. The van der Waals surface area contributed by atoms with E-state index in [0.717, 1.165) is 12.6 Å². The maximum absolute atomic E-state index is 13.9. The summed E-state index contributed by atoms with van der Waals surface area (Å²) in [7, 11) is 2.82. The van der Waals surface area contributed by atoms with Crippen molar-refractivity contribution in [1.29, 1.82) is 0 Å². The third kappa shape index (κ3) is 2.49. The van der Waals surface area contributed by atoms with Crippen molar-refractivity contribution in [3.05, 3.63) is 42.0 Å². The Morgan fingerprint density at radius 1 is 1.13 bits per heavy atom. The molecule has 0 bridgehead atoms. The number of benzene rings is 1.